The molecular weight excluding hydrogens is 297 g/mol. The molecule has 7 heteroatoms. The maximum absolute atomic E-state index is 12.8. The van der Waals surface area contributed by atoms with E-state index >= 15 is 0 Å². The number of halogens is 6. The Hall–Kier alpha value is -0.690. The molecule has 0 aliphatic rings. The normalized spacial score (nSPS) is 14.9. The van der Waals surface area contributed by atoms with E-state index in [4.69, 9.17) is 5.73 Å². The fourth-order valence-electron chi connectivity index (χ4n) is 1.06. The van der Waals surface area contributed by atoms with E-state index in [2.05, 4.69) is 15.9 Å². The van der Waals surface area contributed by atoms with Gasteiger partial charge in [0.2, 0.25) is 0 Å². The third kappa shape index (κ3) is 2.52. The van der Waals surface area contributed by atoms with Gasteiger partial charge in [0.15, 0.2) is 0 Å². The maximum atomic E-state index is 12.8. The second-order valence-corrected chi connectivity index (χ2v) is 4.07. The Kier molecular flexibility index (Phi) is 3.59. The molecule has 0 fully saturated rings. The molecule has 0 amide bonds. The molecule has 2 N–H and O–H groups in total. The lowest BCUT2D eigenvalue weighted by molar-refractivity contribution is -0.291. The van der Waals surface area contributed by atoms with Gasteiger partial charge in [-0.2, -0.15) is 22.0 Å². The van der Waals surface area contributed by atoms with Crippen molar-refractivity contribution in [2.45, 2.75) is 18.1 Å². The summed E-state index contributed by atoms with van der Waals surface area (Å²) in [5.41, 5.74) is 4.65. The van der Waals surface area contributed by atoms with E-state index in [9.17, 15) is 22.0 Å². The van der Waals surface area contributed by atoms with E-state index in [1.807, 2.05) is 0 Å². The summed E-state index contributed by atoms with van der Waals surface area (Å²) in [4.78, 5) is 0. The van der Waals surface area contributed by atoms with Crippen LogP contribution in [0.15, 0.2) is 28.7 Å². The predicted octanol–water partition coefficient (Wildman–Crippen LogP) is 3.65. The Morgan fingerprint density at radius 1 is 1.00 bits per heavy atom. The molecule has 0 aromatic heterocycles. The minimum atomic E-state index is -5.65. The van der Waals surface area contributed by atoms with Crippen molar-refractivity contribution in [3.8, 4) is 0 Å². The van der Waals surface area contributed by atoms with Gasteiger partial charge in [0, 0.05) is 4.47 Å². The van der Waals surface area contributed by atoms with Crippen LogP contribution in [-0.4, -0.2) is 12.1 Å². The molecular formula is C9H7BrF5N. The Morgan fingerprint density at radius 2 is 1.44 bits per heavy atom. The fraction of sp³-hybridized carbons (Fsp3) is 0.333. The number of alkyl halides is 5. The van der Waals surface area contributed by atoms with Crippen molar-refractivity contribution in [3.05, 3.63) is 34.3 Å². The number of nitrogens with two attached hydrogens (primary N) is 1. The van der Waals surface area contributed by atoms with Gasteiger partial charge in [0.1, 0.15) is 6.04 Å². The first-order valence-corrected chi connectivity index (χ1v) is 4.91. The smallest absolute Gasteiger partial charge is 0.319 e. The molecule has 1 rings (SSSR count). The zero-order valence-corrected chi connectivity index (χ0v) is 9.32. The van der Waals surface area contributed by atoms with Crippen LogP contribution in [0.25, 0.3) is 0 Å². The van der Waals surface area contributed by atoms with Crippen molar-refractivity contribution >= 4 is 15.9 Å². The highest BCUT2D eigenvalue weighted by Gasteiger charge is 2.61. The van der Waals surface area contributed by atoms with Crippen LogP contribution in [0.4, 0.5) is 22.0 Å². The fourth-order valence-corrected chi connectivity index (χ4v) is 1.32. The molecule has 1 atom stereocenters. The Morgan fingerprint density at radius 3 is 1.81 bits per heavy atom. The molecule has 0 saturated heterocycles. The molecule has 1 aromatic rings. The molecule has 1 nitrogen and oxygen atoms in total. The molecule has 16 heavy (non-hydrogen) atoms. The van der Waals surface area contributed by atoms with Crippen molar-refractivity contribution in [2.24, 2.45) is 5.73 Å². The van der Waals surface area contributed by atoms with Gasteiger partial charge in [0.25, 0.3) is 0 Å². The third-order valence-corrected chi connectivity index (χ3v) is 2.53. The molecule has 0 bridgehead atoms. The van der Waals surface area contributed by atoms with Crippen LogP contribution in [0, 0.1) is 0 Å². The zero-order chi connectivity index (χ0) is 12.6. The Labute approximate surface area is 96.6 Å². The first kappa shape index (κ1) is 13.4. The third-order valence-electron chi connectivity index (χ3n) is 2.00. The van der Waals surface area contributed by atoms with Crippen molar-refractivity contribution in [1.82, 2.24) is 0 Å². The van der Waals surface area contributed by atoms with E-state index in [0.29, 0.717) is 4.47 Å². The lowest BCUT2D eigenvalue weighted by Crippen LogP contribution is -2.45. The van der Waals surface area contributed by atoms with Crippen LogP contribution in [-0.2, 0) is 0 Å². The summed E-state index contributed by atoms with van der Waals surface area (Å²) >= 11 is 3.03. The predicted molar refractivity (Wildman–Crippen MR) is 52.1 cm³/mol. The van der Waals surface area contributed by atoms with Crippen LogP contribution in [0.1, 0.15) is 11.6 Å². The lowest BCUT2D eigenvalue weighted by Gasteiger charge is -2.25. The second-order valence-electron chi connectivity index (χ2n) is 3.15. The Bertz CT molecular complexity index is 359. The zero-order valence-electron chi connectivity index (χ0n) is 7.73. The molecule has 0 saturated carbocycles. The molecule has 0 radical (unpaired) electrons. The molecule has 0 heterocycles. The summed E-state index contributed by atoms with van der Waals surface area (Å²) in [6.07, 6.45) is -5.65. The van der Waals surface area contributed by atoms with Crippen LogP contribution in [0.2, 0.25) is 0 Å². The monoisotopic (exact) mass is 303 g/mol. The Balaban J connectivity index is 3.02. The summed E-state index contributed by atoms with van der Waals surface area (Å²) in [6, 6.07) is 2.53. The summed E-state index contributed by atoms with van der Waals surface area (Å²) in [6.45, 7) is 0. The van der Waals surface area contributed by atoms with Gasteiger partial charge in [-0.05, 0) is 17.7 Å². The molecule has 90 valence electrons. The minimum Gasteiger partial charge on any atom is -0.319 e. The summed E-state index contributed by atoms with van der Waals surface area (Å²) in [5.74, 6) is -4.94. The number of rotatable bonds is 2. The molecule has 1 aromatic carbocycles. The number of hydrogen-bond acceptors (Lipinski definition) is 1. The quantitative estimate of drug-likeness (QED) is 0.829. The number of hydrogen-bond donors (Lipinski definition) is 1. The molecule has 0 aliphatic carbocycles. The van der Waals surface area contributed by atoms with Crippen LogP contribution in [0.5, 0.6) is 0 Å². The van der Waals surface area contributed by atoms with Crippen molar-refractivity contribution in [1.29, 1.82) is 0 Å². The highest BCUT2D eigenvalue weighted by molar-refractivity contribution is 9.10. The average molecular weight is 304 g/mol. The lowest BCUT2D eigenvalue weighted by atomic mass is 10.0. The average Bonchev–Trinajstić information content (AvgIpc) is 2.16. The van der Waals surface area contributed by atoms with E-state index in [1.54, 1.807) is 0 Å². The minimum absolute atomic E-state index is 0.273. The van der Waals surface area contributed by atoms with Gasteiger partial charge >= 0.3 is 12.1 Å². The van der Waals surface area contributed by atoms with Gasteiger partial charge in [-0.1, -0.05) is 28.1 Å². The van der Waals surface area contributed by atoms with Crippen LogP contribution >= 0.6 is 15.9 Å². The van der Waals surface area contributed by atoms with Crippen LogP contribution in [0.3, 0.4) is 0 Å². The maximum Gasteiger partial charge on any atom is 0.455 e. The largest absolute Gasteiger partial charge is 0.455 e. The summed E-state index contributed by atoms with van der Waals surface area (Å²) in [7, 11) is 0. The van der Waals surface area contributed by atoms with E-state index < -0.39 is 18.1 Å². The van der Waals surface area contributed by atoms with E-state index in [0.717, 1.165) is 12.1 Å². The van der Waals surface area contributed by atoms with Crippen LogP contribution < -0.4 is 5.73 Å². The first-order valence-electron chi connectivity index (χ1n) is 4.12. The summed E-state index contributed by atoms with van der Waals surface area (Å²) < 4.78 is 62.3. The first-order chi connectivity index (χ1) is 7.16. The van der Waals surface area contributed by atoms with E-state index in [-0.39, 0.29) is 5.56 Å². The van der Waals surface area contributed by atoms with Gasteiger partial charge in [-0.3, -0.25) is 0 Å². The van der Waals surface area contributed by atoms with Gasteiger partial charge in [-0.25, -0.2) is 0 Å². The topological polar surface area (TPSA) is 26.0 Å². The van der Waals surface area contributed by atoms with E-state index in [1.165, 1.54) is 12.1 Å². The van der Waals surface area contributed by atoms with Crippen molar-refractivity contribution < 1.29 is 22.0 Å². The van der Waals surface area contributed by atoms with Crippen molar-refractivity contribution in [2.75, 3.05) is 0 Å². The van der Waals surface area contributed by atoms with Gasteiger partial charge in [0.05, 0.1) is 0 Å². The number of benzene rings is 1. The molecule has 0 spiro atoms. The summed E-state index contributed by atoms with van der Waals surface area (Å²) in [5, 5.41) is 0. The molecule has 0 aliphatic heterocycles. The van der Waals surface area contributed by atoms with Crippen molar-refractivity contribution in [3.63, 3.8) is 0 Å². The van der Waals surface area contributed by atoms with Gasteiger partial charge in [-0.15, -0.1) is 0 Å². The highest BCUT2D eigenvalue weighted by atomic mass is 79.9. The molecule has 0 unspecified atom stereocenters. The standard InChI is InChI=1S/C9H7BrF5N/c10-6-3-1-5(2-4-6)7(16)8(11,12)9(13,14)15/h1-4,7H,16H2/t7-/m0/s1. The van der Waals surface area contributed by atoms with Gasteiger partial charge < -0.3 is 5.73 Å². The SMILES string of the molecule is N[C@@H](c1ccc(Br)cc1)C(F)(F)C(F)(F)F. The second kappa shape index (κ2) is 4.29. The highest BCUT2D eigenvalue weighted by Crippen LogP contribution is 2.43.